The van der Waals surface area contributed by atoms with Crippen molar-refractivity contribution in [2.24, 2.45) is 0 Å². The van der Waals surface area contributed by atoms with E-state index in [1.807, 2.05) is 18.2 Å². The van der Waals surface area contributed by atoms with Crippen molar-refractivity contribution < 1.29 is 21.7 Å². The monoisotopic (exact) mass is 474 g/mol. The lowest BCUT2D eigenvalue weighted by Gasteiger charge is -2.35. The van der Waals surface area contributed by atoms with Crippen LogP contribution in [0.2, 0.25) is 0 Å². The average molecular weight is 475 g/mol. The summed E-state index contributed by atoms with van der Waals surface area (Å²) >= 11 is 0. The number of rotatable bonds is 8. The molecule has 4 heteroatoms. The molecule has 0 spiro atoms. The van der Waals surface area contributed by atoms with Gasteiger partial charge in [-0.1, -0.05) is 54.6 Å². The van der Waals surface area contributed by atoms with Crippen LogP contribution < -0.4 is 17.7 Å². The maximum Gasteiger partial charge on any atom is 0.251 e. The Kier molecular flexibility index (Phi) is 8.71. The molecule has 0 radical (unpaired) electrons. The fourth-order valence-electron chi connectivity index (χ4n) is 4.77. The van der Waals surface area contributed by atoms with Gasteiger partial charge in [0.2, 0.25) is 0 Å². The van der Waals surface area contributed by atoms with Gasteiger partial charge >= 0.3 is 0 Å². The number of halogens is 1. The number of hydrogen-bond acceptors (Lipinski definition) is 1. The lowest BCUT2D eigenvalue weighted by molar-refractivity contribution is -0.936. The van der Waals surface area contributed by atoms with Crippen LogP contribution in [0, 0.1) is 0 Å². The number of nitrogens with one attached hydrogen (secondary N) is 1. The Morgan fingerprint density at radius 1 is 0.824 bits per heavy atom. The first-order valence-electron chi connectivity index (χ1n) is 12.2. The molecular weight excluding hydrogens is 440 g/mol. The van der Waals surface area contributed by atoms with Crippen molar-refractivity contribution in [2.45, 2.75) is 40.2 Å². The molecule has 1 amide bonds. The van der Waals surface area contributed by atoms with Gasteiger partial charge in [0.25, 0.3) is 5.91 Å². The van der Waals surface area contributed by atoms with Crippen LogP contribution in [-0.2, 0) is 17.8 Å². The molecule has 3 aromatic rings. The molecule has 0 atom stereocenters. The molecule has 3 aromatic carbocycles. The Morgan fingerprint density at radius 2 is 1.50 bits per heavy atom. The molecule has 3 nitrogen and oxygen atoms in total. The van der Waals surface area contributed by atoms with Crippen molar-refractivity contribution >= 4 is 17.7 Å². The summed E-state index contributed by atoms with van der Waals surface area (Å²) in [5.74, 6) is -0.000633. The zero-order valence-electron chi connectivity index (χ0n) is 20.5. The van der Waals surface area contributed by atoms with E-state index >= 15 is 0 Å². The van der Waals surface area contributed by atoms with Gasteiger partial charge in [0, 0.05) is 16.8 Å². The van der Waals surface area contributed by atoms with E-state index in [0.717, 1.165) is 60.3 Å². The van der Waals surface area contributed by atoms with Crippen molar-refractivity contribution in [1.82, 2.24) is 0 Å². The Hall–Kier alpha value is -2.88. The predicted molar refractivity (Wildman–Crippen MR) is 139 cm³/mol. The van der Waals surface area contributed by atoms with Gasteiger partial charge in [-0.2, -0.15) is 0 Å². The van der Waals surface area contributed by atoms with Crippen molar-refractivity contribution in [1.29, 1.82) is 0 Å². The molecule has 1 N–H and O–H groups in total. The third-order valence-electron chi connectivity index (χ3n) is 7.28. The van der Waals surface area contributed by atoms with Crippen LogP contribution >= 0.6 is 0 Å². The summed E-state index contributed by atoms with van der Waals surface area (Å²) in [6, 6.07) is 25.3. The van der Waals surface area contributed by atoms with Gasteiger partial charge in [-0.3, -0.25) is 4.79 Å². The molecule has 0 bridgehead atoms. The topological polar surface area (TPSA) is 29.1 Å². The highest BCUT2D eigenvalue weighted by molar-refractivity contribution is 6.07. The van der Waals surface area contributed by atoms with E-state index in [4.69, 9.17) is 0 Å². The van der Waals surface area contributed by atoms with Gasteiger partial charge in [0.05, 0.1) is 19.6 Å². The average Bonchev–Trinajstić information content (AvgIpc) is 2.88. The second-order valence-corrected chi connectivity index (χ2v) is 9.05. The third kappa shape index (κ3) is 5.78. The number of hydrogen-bond donors (Lipinski definition) is 1. The molecular formula is C30H35ClN2O. The number of anilines is 1. The van der Waals surface area contributed by atoms with E-state index in [0.29, 0.717) is 0 Å². The summed E-state index contributed by atoms with van der Waals surface area (Å²) in [5, 5.41) is 3.11. The van der Waals surface area contributed by atoms with Gasteiger partial charge in [-0.25, -0.2) is 0 Å². The number of nitrogens with zero attached hydrogens (tertiary/aromatic N) is 1. The normalized spacial score (nSPS) is 12.9. The maximum absolute atomic E-state index is 13.0. The molecule has 0 aliphatic heterocycles. The van der Waals surface area contributed by atoms with E-state index in [2.05, 4.69) is 86.8 Å². The number of quaternary nitrogens is 1. The van der Waals surface area contributed by atoms with Gasteiger partial charge in [-0.05, 0) is 80.1 Å². The summed E-state index contributed by atoms with van der Waals surface area (Å²) in [5.41, 5.74) is 7.85. The van der Waals surface area contributed by atoms with Crippen LogP contribution in [0.4, 0.5) is 5.69 Å². The van der Waals surface area contributed by atoms with Gasteiger partial charge < -0.3 is 22.2 Å². The first-order valence-corrected chi connectivity index (χ1v) is 12.2. The summed E-state index contributed by atoms with van der Waals surface area (Å²) in [7, 11) is 0. The van der Waals surface area contributed by atoms with Crippen LogP contribution in [0.5, 0.6) is 0 Å². The van der Waals surface area contributed by atoms with E-state index in [9.17, 15) is 4.79 Å². The van der Waals surface area contributed by atoms with Crippen LogP contribution in [0.15, 0.2) is 78.4 Å². The van der Waals surface area contributed by atoms with Gasteiger partial charge in [0.15, 0.2) is 0 Å². The minimum absolute atomic E-state index is 0. The lowest BCUT2D eigenvalue weighted by atomic mass is 9.89. The van der Waals surface area contributed by atoms with Crippen molar-refractivity contribution in [3.05, 3.63) is 95.1 Å². The Labute approximate surface area is 210 Å². The molecule has 0 unspecified atom stereocenters. The molecule has 0 heterocycles. The predicted octanol–water partition coefficient (Wildman–Crippen LogP) is 3.70. The molecule has 1 aliphatic rings. The molecule has 0 fully saturated rings. The van der Waals surface area contributed by atoms with E-state index in [1.54, 1.807) is 0 Å². The maximum atomic E-state index is 13.0. The molecule has 34 heavy (non-hydrogen) atoms. The molecule has 4 rings (SSSR count). The standard InChI is InChI=1S/C30H34N2O.ClH/c1-4-32(5-2,6-3)22-23-12-18-29(19-13-23)31-30(33)27-17-15-25-14-16-26(20-28(25)21-27)24-10-8-7-9-11-24;/h7-14,16,18-21H,4-6,15,17,22H2,1-3H3;1H. The fraction of sp³-hybridized carbons (Fsp3) is 0.300. The minimum atomic E-state index is -0.000633. The minimum Gasteiger partial charge on any atom is -1.00 e. The van der Waals surface area contributed by atoms with Crippen LogP contribution in [-0.4, -0.2) is 30.0 Å². The zero-order valence-corrected chi connectivity index (χ0v) is 21.2. The van der Waals surface area contributed by atoms with E-state index < -0.39 is 0 Å². The summed E-state index contributed by atoms with van der Waals surface area (Å²) in [6.45, 7) is 11.2. The number of fused-ring (bicyclic) bond motifs is 1. The first kappa shape index (κ1) is 25.7. The Morgan fingerprint density at radius 3 is 2.15 bits per heavy atom. The molecule has 0 aromatic heterocycles. The SMILES string of the molecule is CC[N+](CC)(CC)Cc1ccc(NC(=O)C2=Cc3cc(-c4ccccc4)ccc3CC2)cc1.[Cl-]. The number of amides is 1. The summed E-state index contributed by atoms with van der Waals surface area (Å²) in [4.78, 5) is 13.0. The zero-order chi connectivity index (χ0) is 23.3. The second kappa shape index (κ2) is 11.5. The number of benzene rings is 3. The summed E-state index contributed by atoms with van der Waals surface area (Å²) in [6.07, 6.45) is 3.73. The highest BCUT2D eigenvalue weighted by atomic mass is 35.5. The van der Waals surface area contributed by atoms with Crippen molar-refractivity contribution in [2.75, 3.05) is 25.0 Å². The van der Waals surface area contributed by atoms with E-state index in [1.165, 1.54) is 22.3 Å². The molecule has 1 aliphatic carbocycles. The van der Waals surface area contributed by atoms with Gasteiger partial charge in [0.1, 0.15) is 6.54 Å². The van der Waals surface area contributed by atoms with Crippen LogP contribution in [0.25, 0.3) is 17.2 Å². The number of carbonyl (C=O) groups is 1. The van der Waals surface area contributed by atoms with Crippen LogP contribution in [0.1, 0.15) is 43.9 Å². The number of carbonyl (C=O) groups excluding carboxylic acids is 1. The number of aryl methyl sites for hydroxylation is 1. The third-order valence-corrected chi connectivity index (χ3v) is 7.28. The van der Waals surface area contributed by atoms with Crippen LogP contribution in [0.3, 0.4) is 0 Å². The largest absolute Gasteiger partial charge is 1.00 e. The second-order valence-electron chi connectivity index (χ2n) is 9.05. The smallest absolute Gasteiger partial charge is 0.251 e. The first-order chi connectivity index (χ1) is 16.1. The molecule has 0 saturated carbocycles. The Balaban J connectivity index is 0.00000324. The van der Waals surface area contributed by atoms with E-state index in [-0.39, 0.29) is 18.3 Å². The Bertz CT molecular complexity index is 1120. The highest BCUT2D eigenvalue weighted by Crippen LogP contribution is 2.29. The van der Waals surface area contributed by atoms with Crippen molar-refractivity contribution in [3.63, 3.8) is 0 Å². The van der Waals surface area contributed by atoms with Gasteiger partial charge in [-0.15, -0.1) is 0 Å². The van der Waals surface area contributed by atoms with Crippen molar-refractivity contribution in [3.8, 4) is 11.1 Å². The highest BCUT2D eigenvalue weighted by Gasteiger charge is 2.21. The quantitative estimate of drug-likeness (QED) is 0.495. The fourth-order valence-corrected chi connectivity index (χ4v) is 4.77. The molecule has 0 saturated heterocycles. The summed E-state index contributed by atoms with van der Waals surface area (Å²) < 4.78 is 1.09. The molecule has 178 valence electrons. The lowest BCUT2D eigenvalue weighted by Crippen LogP contribution is -3.00.